The SMILES string of the molecule is COC1(OC)c2ccccc2-c2cccc3c(Cc4ccc5c(c4)-c4cccc6c(C)ccc(c46)C54OCCO4)ccc1c23. The minimum absolute atomic E-state index is 0.576. The summed E-state index contributed by atoms with van der Waals surface area (Å²) >= 11 is 0. The maximum atomic E-state index is 6.48. The first kappa shape index (κ1) is 26.1. The largest absolute Gasteiger partial charge is 0.346 e. The quantitative estimate of drug-likeness (QED) is 0.197. The van der Waals surface area contributed by atoms with Crippen molar-refractivity contribution in [3.05, 3.63) is 142 Å². The lowest BCUT2D eigenvalue weighted by Crippen LogP contribution is -2.35. The van der Waals surface area contributed by atoms with Crippen molar-refractivity contribution in [1.29, 1.82) is 0 Å². The maximum Gasteiger partial charge on any atom is 0.223 e. The maximum absolute atomic E-state index is 6.48. The molecule has 6 aromatic rings. The van der Waals surface area contributed by atoms with Gasteiger partial charge in [-0.05, 0) is 73.8 Å². The molecule has 0 saturated carbocycles. The molecule has 4 heteroatoms. The molecule has 0 radical (unpaired) electrons. The average Bonchev–Trinajstić information content (AvgIpc) is 3.56. The van der Waals surface area contributed by atoms with Gasteiger partial charge in [0.05, 0.1) is 13.2 Å². The molecule has 1 heterocycles. The van der Waals surface area contributed by atoms with E-state index in [4.69, 9.17) is 18.9 Å². The van der Waals surface area contributed by atoms with Crippen LogP contribution in [0.3, 0.4) is 0 Å². The molecule has 0 bridgehead atoms. The average molecular weight is 577 g/mol. The summed E-state index contributed by atoms with van der Waals surface area (Å²) in [7, 11) is 3.46. The molecule has 216 valence electrons. The normalized spacial score (nSPS) is 16.8. The van der Waals surface area contributed by atoms with Crippen LogP contribution in [0.2, 0.25) is 0 Å². The van der Waals surface area contributed by atoms with Crippen molar-refractivity contribution < 1.29 is 18.9 Å². The molecule has 0 unspecified atom stereocenters. The monoisotopic (exact) mass is 576 g/mol. The van der Waals surface area contributed by atoms with Gasteiger partial charge in [-0.15, -0.1) is 0 Å². The number of methoxy groups -OCH3 is 2. The van der Waals surface area contributed by atoms with E-state index in [0.29, 0.717) is 13.2 Å². The number of fused-ring (bicyclic) bond motifs is 6. The molecule has 1 fully saturated rings. The van der Waals surface area contributed by atoms with Crippen LogP contribution in [0.5, 0.6) is 0 Å². The van der Waals surface area contributed by atoms with Gasteiger partial charge in [-0.3, -0.25) is 0 Å². The minimum atomic E-state index is -0.965. The molecule has 2 aliphatic carbocycles. The van der Waals surface area contributed by atoms with Crippen LogP contribution in [0, 0.1) is 6.92 Å². The molecule has 3 aliphatic rings. The Morgan fingerprint density at radius 3 is 2.05 bits per heavy atom. The van der Waals surface area contributed by atoms with Crippen LogP contribution in [-0.4, -0.2) is 27.4 Å². The van der Waals surface area contributed by atoms with Gasteiger partial charge in [0.1, 0.15) is 0 Å². The van der Waals surface area contributed by atoms with Crippen LogP contribution in [0.4, 0.5) is 0 Å². The van der Waals surface area contributed by atoms with Crippen LogP contribution in [0.25, 0.3) is 43.8 Å². The second-order valence-electron chi connectivity index (χ2n) is 12.1. The summed E-state index contributed by atoms with van der Waals surface area (Å²) in [6.45, 7) is 3.33. The Kier molecular flexibility index (Phi) is 5.54. The Bertz CT molecular complexity index is 2150. The van der Waals surface area contributed by atoms with Crippen molar-refractivity contribution in [3.8, 4) is 22.3 Å². The highest BCUT2D eigenvalue weighted by Gasteiger charge is 2.47. The zero-order valence-electron chi connectivity index (χ0n) is 25.1. The summed E-state index contributed by atoms with van der Waals surface area (Å²) in [5, 5.41) is 4.88. The Morgan fingerprint density at radius 1 is 0.591 bits per heavy atom. The number of rotatable bonds is 4. The molecule has 0 aromatic heterocycles. The van der Waals surface area contributed by atoms with E-state index in [2.05, 4.69) is 104 Å². The summed E-state index contributed by atoms with van der Waals surface area (Å²) < 4.78 is 25.3. The minimum Gasteiger partial charge on any atom is -0.346 e. The summed E-state index contributed by atoms with van der Waals surface area (Å²) in [6, 6.07) is 37.3. The molecule has 9 rings (SSSR count). The second-order valence-corrected chi connectivity index (χ2v) is 12.1. The van der Waals surface area contributed by atoms with Gasteiger partial charge in [0.15, 0.2) is 0 Å². The fourth-order valence-corrected chi connectivity index (χ4v) is 8.14. The van der Waals surface area contributed by atoms with E-state index in [1.54, 1.807) is 14.2 Å². The molecule has 1 aliphatic heterocycles. The third-order valence-electron chi connectivity index (χ3n) is 10.1. The van der Waals surface area contributed by atoms with Crippen LogP contribution < -0.4 is 0 Å². The zero-order valence-corrected chi connectivity index (χ0v) is 25.1. The van der Waals surface area contributed by atoms with E-state index in [0.717, 1.165) is 34.2 Å². The van der Waals surface area contributed by atoms with E-state index in [1.807, 2.05) is 6.07 Å². The van der Waals surface area contributed by atoms with Gasteiger partial charge in [-0.1, -0.05) is 103 Å². The molecular weight excluding hydrogens is 544 g/mol. The number of hydrogen-bond donors (Lipinski definition) is 0. The summed E-state index contributed by atoms with van der Waals surface area (Å²) in [5.74, 6) is -1.83. The van der Waals surface area contributed by atoms with Gasteiger partial charge in [0, 0.05) is 36.5 Å². The Hall–Kier alpha value is -4.32. The van der Waals surface area contributed by atoms with Crippen molar-refractivity contribution >= 4 is 21.5 Å². The predicted molar refractivity (Wildman–Crippen MR) is 174 cm³/mol. The van der Waals surface area contributed by atoms with E-state index < -0.39 is 11.6 Å². The van der Waals surface area contributed by atoms with Crippen molar-refractivity contribution in [1.82, 2.24) is 0 Å². The topological polar surface area (TPSA) is 36.9 Å². The van der Waals surface area contributed by atoms with E-state index in [-0.39, 0.29) is 0 Å². The molecule has 0 N–H and O–H groups in total. The Labute approximate surface area is 256 Å². The summed E-state index contributed by atoms with van der Waals surface area (Å²) in [4.78, 5) is 0. The Balaban J connectivity index is 1.23. The van der Waals surface area contributed by atoms with Crippen molar-refractivity contribution in [2.75, 3.05) is 27.4 Å². The smallest absolute Gasteiger partial charge is 0.223 e. The van der Waals surface area contributed by atoms with E-state index in [1.165, 1.54) is 54.9 Å². The molecule has 1 spiro atoms. The van der Waals surface area contributed by atoms with Gasteiger partial charge in [0.25, 0.3) is 0 Å². The molecular formula is C40H32O4. The highest BCUT2D eigenvalue weighted by molar-refractivity contribution is 6.05. The molecule has 6 aromatic carbocycles. The number of ether oxygens (including phenoxy) is 4. The lowest BCUT2D eigenvalue weighted by molar-refractivity contribution is -0.182. The molecule has 0 atom stereocenters. The van der Waals surface area contributed by atoms with E-state index >= 15 is 0 Å². The fourth-order valence-electron chi connectivity index (χ4n) is 8.14. The predicted octanol–water partition coefficient (Wildman–Crippen LogP) is 8.59. The van der Waals surface area contributed by atoms with Crippen LogP contribution in [0.1, 0.15) is 38.9 Å². The number of aryl methyl sites for hydroxylation is 1. The van der Waals surface area contributed by atoms with Crippen molar-refractivity contribution in [2.24, 2.45) is 0 Å². The van der Waals surface area contributed by atoms with Crippen molar-refractivity contribution in [2.45, 2.75) is 24.9 Å². The van der Waals surface area contributed by atoms with Gasteiger partial charge in [-0.25, -0.2) is 0 Å². The fraction of sp³-hybridized carbons (Fsp3) is 0.200. The number of benzene rings is 6. The van der Waals surface area contributed by atoms with Crippen LogP contribution in [-0.2, 0) is 36.9 Å². The molecule has 4 nitrogen and oxygen atoms in total. The summed E-state index contributed by atoms with van der Waals surface area (Å²) in [5.41, 5.74) is 12.8. The highest BCUT2D eigenvalue weighted by atomic mass is 16.7. The lowest BCUT2D eigenvalue weighted by Gasteiger charge is -2.38. The summed E-state index contributed by atoms with van der Waals surface area (Å²) in [6.07, 6.45) is 0.785. The zero-order chi connectivity index (χ0) is 29.6. The standard InChI is InChI=1S/C40H32O4/c1-24-14-17-36-37-27(24)9-6-12-31(37)32-23-25(15-18-34(32)40(36)43-20-21-44-40)22-26-16-19-35-38-28(26)10-7-11-30(38)29-8-4-5-13-33(29)39(35,41-2)42-3/h4-19,23H,20-22H2,1-3H3. The third kappa shape index (κ3) is 3.26. The van der Waals surface area contributed by atoms with Gasteiger partial charge >= 0.3 is 0 Å². The first-order valence-corrected chi connectivity index (χ1v) is 15.3. The second kappa shape index (κ2) is 9.34. The van der Waals surface area contributed by atoms with Crippen LogP contribution in [0.15, 0.2) is 103 Å². The van der Waals surface area contributed by atoms with E-state index in [9.17, 15) is 0 Å². The molecule has 0 amide bonds. The molecule has 44 heavy (non-hydrogen) atoms. The first-order chi connectivity index (χ1) is 21.6. The van der Waals surface area contributed by atoms with Gasteiger partial charge in [-0.2, -0.15) is 0 Å². The number of hydrogen-bond acceptors (Lipinski definition) is 4. The lowest BCUT2D eigenvalue weighted by atomic mass is 9.77. The van der Waals surface area contributed by atoms with Crippen LogP contribution >= 0.6 is 0 Å². The van der Waals surface area contributed by atoms with Gasteiger partial charge in [0.2, 0.25) is 11.6 Å². The first-order valence-electron chi connectivity index (χ1n) is 15.3. The van der Waals surface area contributed by atoms with Gasteiger partial charge < -0.3 is 18.9 Å². The van der Waals surface area contributed by atoms with Crippen molar-refractivity contribution in [3.63, 3.8) is 0 Å². The Morgan fingerprint density at radius 2 is 1.25 bits per heavy atom. The highest BCUT2D eigenvalue weighted by Crippen LogP contribution is 2.53. The third-order valence-corrected chi connectivity index (χ3v) is 10.1. The molecule has 1 saturated heterocycles.